The number of carbonyl (C=O) groups is 1. The molecule has 4 heterocycles. The lowest BCUT2D eigenvalue weighted by molar-refractivity contribution is -0.172. The minimum atomic E-state index is -1.81. The van der Waals surface area contributed by atoms with Gasteiger partial charge in [0.15, 0.2) is 5.60 Å². The van der Waals surface area contributed by atoms with Gasteiger partial charge in [-0.25, -0.2) is 9.78 Å². The van der Waals surface area contributed by atoms with E-state index in [9.17, 15) is 14.7 Å². The average Bonchev–Trinajstić information content (AvgIpc) is 3.07. The predicted octanol–water partition coefficient (Wildman–Crippen LogP) is 2.09. The third-order valence-electron chi connectivity index (χ3n) is 5.73. The number of hydrogen-bond acceptors (Lipinski definition) is 6. The Morgan fingerprint density at radius 2 is 2.14 bits per heavy atom. The van der Waals surface area contributed by atoms with Gasteiger partial charge in [0.05, 0.1) is 36.1 Å². The number of cyclic esters (lactones) is 1. The number of ether oxygens (including phenoxy) is 2. The molecule has 1 N–H and O–H groups in total. The van der Waals surface area contributed by atoms with Crippen LogP contribution in [-0.4, -0.2) is 27.7 Å². The quantitative estimate of drug-likeness (QED) is 0.538. The van der Waals surface area contributed by atoms with Crippen molar-refractivity contribution in [2.24, 2.45) is 0 Å². The molecule has 0 aliphatic carbocycles. The Hall–Kier alpha value is -3.19. The van der Waals surface area contributed by atoms with Crippen LogP contribution in [0, 0.1) is 0 Å². The lowest BCUT2D eigenvalue weighted by Gasteiger charge is -2.31. The van der Waals surface area contributed by atoms with Gasteiger partial charge >= 0.3 is 5.97 Å². The first kappa shape index (κ1) is 16.9. The summed E-state index contributed by atoms with van der Waals surface area (Å²) in [6.45, 7) is 1.93. The Labute approximate surface area is 160 Å². The fraction of sp³-hybridized carbons (Fsp3) is 0.286. The zero-order chi connectivity index (χ0) is 19.6. The van der Waals surface area contributed by atoms with Crippen LogP contribution in [0.4, 0.5) is 0 Å². The molecule has 28 heavy (non-hydrogen) atoms. The second-order valence-electron chi connectivity index (χ2n) is 7.13. The molecule has 0 saturated heterocycles. The summed E-state index contributed by atoms with van der Waals surface area (Å²) in [5.74, 6) is -0.00368. The summed E-state index contributed by atoms with van der Waals surface area (Å²) in [5, 5.41) is 11.8. The topological polar surface area (TPSA) is 90.7 Å². The number of esters is 1. The Bertz CT molecular complexity index is 1230. The van der Waals surface area contributed by atoms with Crippen LogP contribution in [0.1, 0.15) is 30.0 Å². The van der Waals surface area contributed by atoms with E-state index in [0.717, 1.165) is 22.2 Å². The predicted molar refractivity (Wildman–Crippen MR) is 101 cm³/mol. The fourth-order valence-electron chi connectivity index (χ4n) is 4.15. The maximum absolute atomic E-state index is 13.1. The molecule has 2 aromatic heterocycles. The molecule has 0 amide bonds. The van der Waals surface area contributed by atoms with Gasteiger partial charge < -0.3 is 19.1 Å². The molecule has 1 aromatic carbocycles. The molecule has 1 atom stereocenters. The number of benzene rings is 1. The summed E-state index contributed by atoms with van der Waals surface area (Å²) in [4.78, 5) is 30.1. The van der Waals surface area contributed by atoms with Crippen molar-refractivity contribution in [3.05, 3.63) is 57.4 Å². The van der Waals surface area contributed by atoms with Crippen LogP contribution in [0.3, 0.4) is 0 Å². The van der Waals surface area contributed by atoms with Crippen LogP contribution in [0.5, 0.6) is 5.75 Å². The van der Waals surface area contributed by atoms with Gasteiger partial charge in [0, 0.05) is 16.5 Å². The number of hydrogen-bond donors (Lipinski definition) is 1. The Balaban J connectivity index is 1.79. The first-order valence-electron chi connectivity index (χ1n) is 9.11. The second-order valence-corrected chi connectivity index (χ2v) is 7.13. The number of nitrogens with zero attached hydrogens (tertiary/aromatic N) is 2. The van der Waals surface area contributed by atoms with E-state index in [1.165, 1.54) is 0 Å². The fourth-order valence-corrected chi connectivity index (χ4v) is 4.15. The zero-order valence-electron chi connectivity index (χ0n) is 15.5. The number of fused-ring (bicyclic) bond motifs is 5. The van der Waals surface area contributed by atoms with E-state index in [0.29, 0.717) is 29.1 Å². The number of aromatic nitrogens is 2. The second kappa shape index (κ2) is 5.65. The molecule has 2 aliphatic rings. The molecule has 142 valence electrons. The van der Waals surface area contributed by atoms with Crippen molar-refractivity contribution >= 4 is 16.9 Å². The van der Waals surface area contributed by atoms with E-state index >= 15 is 0 Å². The lowest BCUT2D eigenvalue weighted by Crippen LogP contribution is -2.44. The molecule has 2 aliphatic heterocycles. The Morgan fingerprint density at radius 1 is 1.32 bits per heavy atom. The highest BCUT2D eigenvalue weighted by atomic mass is 16.6. The van der Waals surface area contributed by atoms with Crippen LogP contribution >= 0.6 is 0 Å². The first-order valence-corrected chi connectivity index (χ1v) is 9.11. The van der Waals surface area contributed by atoms with Crippen molar-refractivity contribution in [2.45, 2.75) is 32.1 Å². The van der Waals surface area contributed by atoms with Crippen molar-refractivity contribution in [3.63, 3.8) is 0 Å². The molecule has 0 spiro atoms. The number of pyridine rings is 2. The third-order valence-corrected chi connectivity index (χ3v) is 5.73. The zero-order valence-corrected chi connectivity index (χ0v) is 15.5. The largest absolute Gasteiger partial charge is 0.496 e. The number of carbonyl (C=O) groups excluding carboxylic acids is 1. The molecule has 0 fully saturated rings. The molecular weight excluding hydrogens is 359 g/mol. The van der Waals surface area contributed by atoms with Gasteiger partial charge in [0.25, 0.3) is 5.56 Å². The van der Waals surface area contributed by atoms with Crippen LogP contribution in [0.2, 0.25) is 0 Å². The Morgan fingerprint density at radius 3 is 2.89 bits per heavy atom. The molecule has 0 radical (unpaired) electrons. The molecular formula is C21H18N2O5. The molecule has 7 heteroatoms. The van der Waals surface area contributed by atoms with E-state index in [1.807, 2.05) is 24.3 Å². The van der Waals surface area contributed by atoms with Crippen LogP contribution < -0.4 is 10.3 Å². The minimum Gasteiger partial charge on any atom is -0.496 e. The normalized spacial score (nSPS) is 19.8. The van der Waals surface area contributed by atoms with E-state index in [-0.39, 0.29) is 18.6 Å². The standard InChI is InChI=1S/C21H18N2O5/c1-3-21(26)14-8-16-18-11(7-12-15(22-18)5-4-6-17(12)27-2)9-23(16)19(24)13(14)10-28-20(21)25/h4-8,26H,3,9-10H2,1-2H3/t21-/m0/s1/i2-1. The van der Waals surface area contributed by atoms with Crippen molar-refractivity contribution in [1.29, 1.82) is 0 Å². The molecule has 3 aromatic rings. The summed E-state index contributed by atoms with van der Waals surface area (Å²) >= 11 is 0. The maximum Gasteiger partial charge on any atom is 0.343 e. The Kier molecular flexibility index (Phi) is 3.42. The monoisotopic (exact) mass is 377 g/mol. The minimum absolute atomic E-state index is 0.122. The van der Waals surface area contributed by atoms with Crippen LogP contribution in [0.25, 0.3) is 22.3 Å². The van der Waals surface area contributed by atoms with E-state index in [2.05, 4.69) is 0 Å². The first-order chi connectivity index (χ1) is 13.5. The van der Waals surface area contributed by atoms with Gasteiger partial charge in [-0.05, 0) is 30.7 Å². The summed E-state index contributed by atoms with van der Waals surface area (Å²) in [6.07, 6.45) is 0.122. The lowest BCUT2D eigenvalue weighted by atomic mass is 9.86. The SMILES string of the molecule is CC[C@@]1(O)C(=O)OCc2c1cc1n(c2=O)Cc2cc3c(O[11CH3])cccc3nc2-1. The van der Waals surface area contributed by atoms with Gasteiger partial charge in [0.1, 0.15) is 12.4 Å². The molecule has 0 unspecified atom stereocenters. The molecule has 7 nitrogen and oxygen atoms in total. The van der Waals surface area contributed by atoms with E-state index < -0.39 is 11.6 Å². The van der Waals surface area contributed by atoms with Gasteiger partial charge in [-0.15, -0.1) is 0 Å². The highest BCUT2D eigenvalue weighted by Gasteiger charge is 2.45. The summed E-state index contributed by atoms with van der Waals surface area (Å²) < 4.78 is 12.1. The van der Waals surface area contributed by atoms with Crippen molar-refractivity contribution in [3.8, 4) is 17.1 Å². The van der Waals surface area contributed by atoms with Crippen molar-refractivity contribution in [2.75, 3.05) is 7.11 Å². The molecule has 0 saturated carbocycles. The summed E-state index contributed by atoms with van der Waals surface area (Å²) in [7, 11) is 1.61. The van der Waals surface area contributed by atoms with Crippen molar-refractivity contribution in [1.82, 2.24) is 9.55 Å². The van der Waals surface area contributed by atoms with Gasteiger partial charge in [-0.2, -0.15) is 0 Å². The average molecular weight is 377 g/mol. The molecule has 5 rings (SSSR count). The van der Waals surface area contributed by atoms with Gasteiger partial charge in [-0.3, -0.25) is 4.79 Å². The van der Waals surface area contributed by atoms with Crippen LogP contribution in [-0.2, 0) is 28.3 Å². The van der Waals surface area contributed by atoms with Crippen LogP contribution in [0.15, 0.2) is 35.1 Å². The maximum atomic E-state index is 13.1. The summed E-state index contributed by atoms with van der Waals surface area (Å²) in [6, 6.07) is 9.31. The third kappa shape index (κ3) is 2.05. The van der Waals surface area contributed by atoms with Crippen molar-refractivity contribution < 1.29 is 19.4 Å². The smallest absolute Gasteiger partial charge is 0.343 e. The number of aliphatic hydroxyl groups is 1. The van der Waals surface area contributed by atoms with E-state index in [4.69, 9.17) is 14.5 Å². The number of methoxy groups -OCH3 is 1. The highest BCUT2D eigenvalue weighted by molar-refractivity contribution is 5.89. The molecule has 0 bridgehead atoms. The summed E-state index contributed by atoms with van der Waals surface area (Å²) in [5.41, 5.74) is 1.49. The van der Waals surface area contributed by atoms with E-state index in [1.54, 1.807) is 24.7 Å². The highest BCUT2D eigenvalue weighted by Crippen LogP contribution is 2.39. The van der Waals surface area contributed by atoms with Gasteiger partial charge in [-0.1, -0.05) is 13.0 Å². The number of rotatable bonds is 2. The van der Waals surface area contributed by atoms with Gasteiger partial charge in [0.2, 0.25) is 0 Å².